The van der Waals surface area contributed by atoms with Crippen LogP contribution >= 0.6 is 79.7 Å². The van der Waals surface area contributed by atoms with Gasteiger partial charge >= 0.3 is 0 Å². The van der Waals surface area contributed by atoms with E-state index in [9.17, 15) is 0 Å². The van der Waals surface area contributed by atoms with E-state index in [-0.39, 0.29) is 0 Å². The van der Waals surface area contributed by atoms with Gasteiger partial charge in [-0.25, -0.2) is 0 Å². The summed E-state index contributed by atoms with van der Waals surface area (Å²) in [4.78, 5) is 7.97. The van der Waals surface area contributed by atoms with Crippen molar-refractivity contribution < 1.29 is 9.47 Å². The van der Waals surface area contributed by atoms with Crippen LogP contribution in [0.4, 0.5) is 10.0 Å². The topological polar surface area (TPSA) is 96.3 Å². The Balaban J connectivity index is 1.07. The highest BCUT2D eigenvalue weighted by Gasteiger charge is 2.39. The van der Waals surface area contributed by atoms with Crippen LogP contribution in [0.2, 0.25) is 0 Å². The molecule has 2 aliphatic heterocycles. The Morgan fingerprint density at radius 2 is 0.977 bits per heavy atom. The number of thiophene rings is 6. The molecule has 12 rings (SSSR count). The highest BCUT2D eigenvalue weighted by Crippen LogP contribution is 2.63. The lowest BCUT2D eigenvalue weighted by Gasteiger charge is -2.26. The Bertz CT molecular complexity index is 2440. The van der Waals surface area contributed by atoms with Crippen LogP contribution < -0.4 is 20.9 Å². The van der Waals surface area contributed by atoms with Crippen LogP contribution in [0.3, 0.4) is 0 Å². The molecule has 0 fully saturated rings. The summed E-state index contributed by atoms with van der Waals surface area (Å²) in [6.07, 6.45) is 1.91. The van der Waals surface area contributed by atoms with Crippen molar-refractivity contribution in [2.75, 3.05) is 11.5 Å². The van der Waals surface area contributed by atoms with Gasteiger partial charge in [0, 0.05) is 33.7 Å². The molecule has 4 aliphatic rings. The summed E-state index contributed by atoms with van der Waals surface area (Å²) in [7, 11) is 0. The summed E-state index contributed by atoms with van der Waals surface area (Å²) >= 11 is 12.2. The Morgan fingerprint density at radius 3 is 1.47 bits per heavy atom. The van der Waals surface area contributed by atoms with Gasteiger partial charge in [0.15, 0.2) is 11.5 Å². The van der Waals surface area contributed by atoms with E-state index in [4.69, 9.17) is 29.7 Å². The maximum atomic E-state index is 6.66. The number of nitrogens with zero attached hydrogens (tertiary/aromatic N) is 2. The molecule has 6 nitrogen and oxygen atoms in total. The van der Waals surface area contributed by atoms with Crippen molar-refractivity contribution in [1.29, 1.82) is 0 Å². The standard InChI is InChI=1S/C30H14N4O2S7/c31-13-3-7-1-9-25(21(7)37-13)41-29-11-5-35-19-15(23(11)39-27(9)29)17-18(34-43-33-17)16-20(19)36-6-12-24(16)40-28-10-2-8-4-14(32)38-22(8)26(10)42-30(12)28/h3-4H,1-2,5-6,31-32H2. The predicted molar refractivity (Wildman–Crippen MR) is 185 cm³/mol. The molecule has 0 amide bonds. The lowest BCUT2D eigenvalue weighted by molar-refractivity contribution is 0.255. The van der Waals surface area contributed by atoms with E-state index in [0.29, 0.717) is 13.2 Å². The van der Waals surface area contributed by atoms with Crippen molar-refractivity contribution in [2.24, 2.45) is 0 Å². The highest BCUT2D eigenvalue weighted by molar-refractivity contribution is 7.34. The average molecular weight is 687 g/mol. The summed E-state index contributed by atoms with van der Waals surface area (Å²) in [5.74, 6) is 1.65. The normalized spacial score (nSPS) is 15.2. The van der Waals surface area contributed by atoms with Crippen LogP contribution in [0.15, 0.2) is 12.1 Å². The van der Waals surface area contributed by atoms with Crippen LogP contribution in [0.5, 0.6) is 11.5 Å². The smallest absolute Gasteiger partial charge is 0.173 e. The minimum atomic E-state index is 0.533. The van der Waals surface area contributed by atoms with Gasteiger partial charge in [-0.15, -0.1) is 68.0 Å². The van der Waals surface area contributed by atoms with E-state index < -0.39 is 0 Å². The molecule has 1 aromatic carbocycles. The van der Waals surface area contributed by atoms with Gasteiger partial charge in [-0.3, -0.25) is 0 Å². The molecule has 9 heterocycles. The van der Waals surface area contributed by atoms with Crippen LogP contribution in [0.25, 0.3) is 70.2 Å². The molecule has 0 spiro atoms. The highest BCUT2D eigenvalue weighted by atomic mass is 32.1. The zero-order valence-electron chi connectivity index (χ0n) is 21.7. The number of ether oxygens (including phenoxy) is 2. The Kier molecular flexibility index (Phi) is 4.13. The first-order valence-electron chi connectivity index (χ1n) is 13.6. The molecule has 208 valence electrons. The van der Waals surface area contributed by atoms with Crippen LogP contribution in [0.1, 0.15) is 33.4 Å². The number of nitrogen functional groups attached to an aromatic ring is 2. The number of nitrogens with two attached hydrogens (primary N) is 2. The Morgan fingerprint density at radius 1 is 0.535 bits per heavy atom. The molecule has 0 bridgehead atoms. The van der Waals surface area contributed by atoms with Gasteiger partial charge in [0.2, 0.25) is 0 Å². The van der Waals surface area contributed by atoms with E-state index in [1.807, 2.05) is 45.3 Å². The van der Waals surface area contributed by atoms with Crippen LogP contribution in [-0.4, -0.2) is 8.75 Å². The van der Waals surface area contributed by atoms with Gasteiger partial charge in [0.05, 0.1) is 71.2 Å². The van der Waals surface area contributed by atoms with E-state index in [2.05, 4.69) is 12.1 Å². The fourth-order valence-electron chi connectivity index (χ4n) is 7.27. The van der Waals surface area contributed by atoms with Gasteiger partial charge < -0.3 is 20.9 Å². The molecule has 43 heavy (non-hydrogen) atoms. The third-order valence-corrected chi connectivity index (χ3v) is 17.4. The number of rotatable bonds is 0. The van der Waals surface area contributed by atoms with E-state index >= 15 is 0 Å². The van der Waals surface area contributed by atoms with Gasteiger partial charge in [0.1, 0.15) is 24.2 Å². The number of aromatic nitrogens is 2. The molecule has 8 aromatic rings. The second-order valence-electron chi connectivity index (χ2n) is 11.3. The molecule has 0 saturated heterocycles. The zero-order chi connectivity index (χ0) is 27.9. The zero-order valence-corrected chi connectivity index (χ0v) is 27.4. The lowest BCUT2D eigenvalue weighted by Crippen LogP contribution is -2.10. The van der Waals surface area contributed by atoms with Crippen molar-refractivity contribution in [3.8, 4) is 51.9 Å². The molecular formula is C30H14N4O2S7. The van der Waals surface area contributed by atoms with Crippen molar-refractivity contribution in [3.05, 3.63) is 45.5 Å². The van der Waals surface area contributed by atoms with Crippen molar-refractivity contribution >= 4 is 120 Å². The quantitative estimate of drug-likeness (QED) is 0.165. The number of benzene rings is 1. The monoisotopic (exact) mass is 686 g/mol. The van der Waals surface area contributed by atoms with Gasteiger partial charge in [0.25, 0.3) is 0 Å². The molecule has 7 aromatic heterocycles. The third-order valence-electron chi connectivity index (χ3n) is 9.02. The van der Waals surface area contributed by atoms with Crippen molar-refractivity contribution in [3.63, 3.8) is 0 Å². The maximum absolute atomic E-state index is 6.66. The number of hydrogen-bond donors (Lipinski definition) is 2. The van der Waals surface area contributed by atoms with Gasteiger partial charge in [-0.1, -0.05) is 0 Å². The van der Waals surface area contributed by atoms with Crippen LogP contribution in [-0.2, 0) is 26.1 Å². The molecule has 0 atom stereocenters. The molecule has 0 radical (unpaired) electrons. The summed E-state index contributed by atoms with van der Waals surface area (Å²) in [5, 5.41) is 1.80. The first-order chi connectivity index (χ1) is 21.1. The van der Waals surface area contributed by atoms with Gasteiger partial charge in [-0.2, -0.15) is 8.75 Å². The molecular weight excluding hydrogens is 673 g/mol. The first kappa shape index (κ1) is 23.4. The van der Waals surface area contributed by atoms with Crippen molar-refractivity contribution in [1.82, 2.24) is 8.75 Å². The number of fused-ring (bicyclic) bond motifs is 22. The largest absolute Gasteiger partial charge is 0.484 e. The summed E-state index contributed by atoms with van der Waals surface area (Å²) in [6, 6.07) is 4.29. The molecule has 0 unspecified atom stereocenters. The fraction of sp³-hybridized carbons (Fsp3) is 0.133. The van der Waals surface area contributed by atoms with E-state index in [1.165, 1.54) is 93.2 Å². The lowest BCUT2D eigenvalue weighted by atomic mass is 9.96. The molecule has 0 saturated carbocycles. The average Bonchev–Trinajstić information content (AvgIpc) is 3.81. The van der Waals surface area contributed by atoms with E-state index in [1.54, 1.807) is 22.7 Å². The summed E-state index contributed by atoms with van der Waals surface area (Å²) < 4.78 is 28.5. The molecule has 13 heteroatoms. The molecule has 4 N–H and O–H groups in total. The van der Waals surface area contributed by atoms with Crippen molar-refractivity contribution in [2.45, 2.75) is 26.1 Å². The second kappa shape index (κ2) is 7.60. The molecule has 2 aliphatic carbocycles. The van der Waals surface area contributed by atoms with Crippen LogP contribution in [0, 0.1) is 0 Å². The Hall–Kier alpha value is -3.04. The predicted octanol–water partition coefficient (Wildman–Crippen LogP) is 9.79. The Labute approximate surface area is 270 Å². The second-order valence-corrected chi connectivity index (χ2v) is 18.0. The summed E-state index contributed by atoms with van der Waals surface area (Å²) in [6.45, 7) is 1.07. The third kappa shape index (κ3) is 2.68. The first-order valence-corrected chi connectivity index (χ1v) is 19.2. The maximum Gasteiger partial charge on any atom is 0.173 e. The number of hydrogen-bond acceptors (Lipinski definition) is 13. The van der Waals surface area contributed by atoms with E-state index in [0.717, 1.165) is 56.5 Å². The van der Waals surface area contributed by atoms with Gasteiger partial charge in [-0.05, 0) is 34.4 Å². The fourth-order valence-corrected chi connectivity index (χ4v) is 16.0. The minimum Gasteiger partial charge on any atom is -0.484 e. The summed E-state index contributed by atoms with van der Waals surface area (Å²) in [5.41, 5.74) is 24.4. The SMILES string of the molecule is Nc1cc2c(s1)-c1sc3c4c(sc3c1C2)-c1c(c2c(c3nsnc13)-c1sc3c5c(sc3c1CO2)-c1sc(N)cc1C5)OC4. The number of anilines is 2. The minimum absolute atomic E-state index is 0.533.